The molecule has 8 heteroatoms. The molecule has 2 aliphatic heterocycles. The summed E-state index contributed by atoms with van der Waals surface area (Å²) in [5.41, 5.74) is 1.09. The van der Waals surface area contributed by atoms with E-state index < -0.39 is 0 Å². The summed E-state index contributed by atoms with van der Waals surface area (Å²) in [6.45, 7) is 7.60. The molecule has 2 saturated heterocycles. The molecule has 0 radical (unpaired) electrons. The first kappa shape index (κ1) is 22.0. The number of benzene rings is 1. The number of thiazole rings is 1. The highest BCUT2D eigenvalue weighted by Crippen LogP contribution is 2.20. The van der Waals surface area contributed by atoms with E-state index in [1.54, 1.807) is 18.4 Å². The zero-order valence-electron chi connectivity index (χ0n) is 18.3. The maximum absolute atomic E-state index is 12.5. The first-order valence-corrected chi connectivity index (χ1v) is 12.0. The number of piperazine rings is 1. The van der Waals surface area contributed by atoms with Gasteiger partial charge in [0.15, 0.2) is 0 Å². The Morgan fingerprint density at radius 1 is 0.968 bits per heavy atom. The van der Waals surface area contributed by atoms with E-state index in [1.807, 2.05) is 29.2 Å². The maximum Gasteiger partial charge on any atom is 0.236 e. The molecule has 4 rings (SSSR count). The van der Waals surface area contributed by atoms with E-state index in [0.717, 1.165) is 80.9 Å². The van der Waals surface area contributed by atoms with Crippen LogP contribution in [0.4, 0.5) is 0 Å². The van der Waals surface area contributed by atoms with Gasteiger partial charge in [-0.05, 0) is 43.5 Å². The molecule has 2 fully saturated rings. The standard InChI is InChI=1S/C23H32N4O3S/c1-29-20-5-7-21(8-6-20)30-17-22-24-19(18-31-22)15-25-11-13-26(14-12-25)16-23(28)27-9-3-2-4-10-27/h5-8,18H,2-4,9-17H2,1H3. The molecule has 168 valence electrons. The number of carbonyl (C=O) groups excluding carboxylic acids is 1. The molecule has 0 spiro atoms. The lowest BCUT2D eigenvalue weighted by Gasteiger charge is -2.35. The van der Waals surface area contributed by atoms with Crippen LogP contribution in [0, 0.1) is 0 Å². The van der Waals surface area contributed by atoms with Gasteiger partial charge in [-0.2, -0.15) is 0 Å². The van der Waals surface area contributed by atoms with Gasteiger partial charge in [0.1, 0.15) is 23.1 Å². The smallest absolute Gasteiger partial charge is 0.236 e. The summed E-state index contributed by atoms with van der Waals surface area (Å²) in [5.74, 6) is 1.93. The third-order valence-electron chi connectivity index (χ3n) is 5.94. The molecule has 1 aromatic carbocycles. The van der Waals surface area contributed by atoms with Gasteiger partial charge in [0.2, 0.25) is 5.91 Å². The fourth-order valence-electron chi connectivity index (χ4n) is 4.07. The van der Waals surface area contributed by atoms with E-state index in [9.17, 15) is 4.79 Å². The van der Waals surface area contributed by atoms with E-state index in [-0.39, 0.29) is 0 Å². The average Bonchev–Trinajstić information content (AvgIpc) is 3.27. The Hall–Kier alpha value is -2.16. The van der Waals surface area contributed by atoms with Crippen molar-refractivity contribution >= 4 is 17.2 Å². The second-order valence-corrected chi connectivity index (χ2v) is 9.13. The highest BCUT2D eigenvalue weighted by molar-refractivity contribution is 7.09. The van der Waals surface area contributed by atoms with Gasteiger partial charge in [-0.1, -0.05) is 0 Å². The summed E-state index contributed by atoms with van der Waals surface area (Å²) in [4.78, 5) is 24.0. The second-order valence-electron chi connectivity index (χ2n) is 8.19. The van der Waals surface area contributed by atoms with Gasteiger partial charge < -0.3 is 14.4 Å². The largest absolute Gasteiger partial charge is 0.497 e. The molecule has 0 unspecified atom stereocenters. The summed E-state index contributed by atoms with van der Waals surface area (Å²) in [6, 6.07) is 7.59. The lowest BCUT2D eigenvalue weighted by atomic mass is 10.1. The molecule has 0 aliphatic carbocycles. The number of aromatic nitrogens is 1. The molecule has 31 heavy (non-hydrogen) atoms. The van der Waals surface area contributed by atoms with Crippen molar-refractivity contribution < 1.29 is 14.3 Å². The summed E-state index contributed by atoms with van der Waals surface area (Å²) in [7, 11) is 1.65. The number of ether oxygens (including phenoxy) is 2. The van der Waals surface area contributed by atoms with Gasteiger partial charge in [-0.15, -0.1) is 11.3 Å². The minimum absolute atomic E-state index is 0.300. The zero-order valence-corrected chi connectivity index (χ0v) is 19.1. The van der Waals surface area contributed by atoms with Crippen molar-refractivity contribution in [2.24, 2.45) is 0 Å². The van der Waals surface area contributed by atoms with E-state index in [4.69, 9.17) is 14.5 Å². The van der Waals surface area contributed by atoms with Crippen molar-refractivity contribution in [1.82, 2.24) is 19.7 Å². The number of piperidine rings is 1. The predicted octanol–water partition coefficient (Wildman–Crippen LogP) is 2.86. The molecule has 0 N–H and O–H groups in total. The fraction of sp³-hybridized carbons (Fsp3) is 0.565. The van der Waals surface area contributed by atoms with Crippen molar-refractivity contribution in [1.29, 1.82) is 0 Å². The van der Waals surface area contributed by atoms with E-state index in [1.165, 1.54) is 6.42 Å². The van der Waals surface area contributed by atoms with Crippen molar-refractivity contribution in [2.75, 3.05) is 52.9 Å². The summed E-state index contributed by atoms with van der Waals surface area (Å²) >= 11 is 1.64. The van der Waals surface area contributed by atoms with Gasteiger partial charge in [0.25, 0.3) is 0 Å². The monoisotopic (exact) mass is 444 g/mol. The number of amides is 1. The Labute approximate surface area is 188 Å². The van der Waals surface area contributed by atoms with E-state index >= 15 is 0 Å². The Balaban J connectivity index is 1.17. The van der Waals surface area contributed by atoms with Crippen molar-refractivity contribution in [3.8, 4) is 11.5 Å². The quantitative estimate of drug-likeness (QED) is 0.624. The minimum Gasteiger partial charge on any atom is -0.497 e. The van der Waals surface area contributed by atoms with Crippen molar-refractivity contribution in [3.63, 3.8) is 0 Å². The molecule has 0 saturated carbocycles. The van der Waals surface area contributed by atoms with Gasteiger partial charge in [-0.3, -0.25) is 14.6 Å². The summed E-state index contributed by atoms with van der Waals surface area (Å²) < 4.78 is 11.0. The molecular weight excluding hydrogens is 412 g/mol. The molecule has 2 aliphatic rings. The molecule has 1 amide bonds. The molecule has 2 aromatic rings. The van der Waals surface area contributed by atoms with Crippen LogP contribution in [0.3, 0.4) is 0 Å². The number of rotatable bonds is 8. The van der Waals surface area contributed by atoms with Crippen molar-refractivity contribution in [3.05, 3.63) is 40.3 Å². The topological polar surface area (TPSA) is 58.1 Å². The second kappa shape index (κ2) is 10.9. The normalized spacial score (nSPS) is 18.2. The third-order valence-corrected chi connectivity index (χ3v) is 6.81. The Morgan fingerprint density at radius 2 is 1.65 bits per heavy atom. The number of hydrogen-bond donors (Lipinski definition) is 0. The SMILES string of the molecule is COc1ccc(OCc2nc(CN3CCN(CC(=O)N4CCCCC4)CC3)cs2)cc1. The van der Waals surface area contributed by atoms with Crippen LogP contribution in [0.25, 0.3) is 0 Å². The zero-order chi connectivity index (χ0) is 21.5. The molecule has 1 aromatic heterocycles. The average molecular weight is 445 g/mol. The molecular formula is C23H32N4O3S. The summed E-state index contributed by atoms with van der Waals surface area (Å²) in [6.07, 6.45) is 3.56. The van der Waals surface area contributed by atoms with Crippen molar-refractivity contribution in [2.45, 2.75) is 32.4 Å². The van der Waals surface area contributed by atoms with E-state index in [2.05, 4.69) is 15.2 Å². The number of methoxy groups -OCH3 is 1. The van der Waals surface area contributed by atoms with Gasteiger partial charge in [0, 0.05) is 51.2 Å². The first-order valence-electron chi connectivity index (χ1n) is 11.1. The van der Waals surface area contributed by atoms with Crippen LogP contribution in [0.1, 0.15) is 30.0 Å². The minimum atomic E-state index is 0.300. The Morgan fingerprint density at radius 3 is 2.35 bits per heavy atom. The highest BCUT2D eigenvalue weighted by atomic mass is 32.1. The van der Waals surface area contributed by atoms with E-state index in [0.29, 0.717) is 19.1 Å². The Kier molecular flexibility index (Phi) is 7.77. The molecule has 0 bridgehead atoms. The lowest BCUT2D eigenvalue weighted by Crippen LogP contribution is -2.50. The maximum atomic E-state index is 12.5. The fourth-order valence-corrected chi connectivity index (χ4v) is 4.77. The molecule has 7 nitrogen and oxygen atoms in total. The predicted molar refractivity (Wildman–Crippen MR) is 122 cm³/mol. The van der Waals surface area contributed by atoms with Gasteiger partial charge >= 0.3 is 0 Å². The number of hydrogen-bond acceptors (Lipinski definition) is 7. The third kappa shape index (κ3) is 6.41. The number of likely N-dealkylation sites (tertiary alicyclic amines) is 1. The number of nitrogens with zero attached hydrogens (tertiary/aromatic N) is 4. The van der Waals surface area contributed by atoms with Crippen LogP contribution in [-0.4, -0.2) is 78.5 Å². The summed E-state index contributed by atoms with van der Waals surface area (Å²) in [5, 5.41) is 3.11. The van der Waals surface area contributed by atoms with Gasteiger partial charge in [-0.25, -0.2) is 4.98 Å². The van der Waals surface area contributed by atoms with Crippen LogP contribution in [0.5, 0.6) is 11.5 Å². The van der Waals surface area contributed by atoms with Crippen LogP contribution in [0.2, 0.25) is 0 Å². The highest BCUT2D eigenvalue weighted by Gasteiger charge is 2.23. The molecule has 0 atom stereocenters. The van der Waals surface area contributed by atoms with Gasteiger partial charge in [0.05, 0.1) is 19.3 Å². The number of carbonyl (C=O) groups is 1. The Bertz CT molecular complexity index is 828. The van der Waals surface area contributed by atoms with Crippen LogP contribution in [-0.2, 0) is 17.9 Å². The lowest BCUT2D eigenvalue weighted by molar-refractivity contribution is -0.133. The first-order chi connectivity index (χ1) is 15.2. The van der Waals surface area contributed by atoms with Crippen LogP contribution in [0.15, 0.2) is 29.6 Å². The molecule has 3 heterocycles. The van der Waals surface area contributed by atoms with Crippen LogP contribution >= 0.6 is 11.3 Å². The van der Waals surface area contributed by atoms with Crippen LogP contribution < -0.4 is 9.47 Å².